The van der Waals surface area contributed by atoms with Crippen molar-refractivity contribution in [2.24, 2.45) is 5.92 Å². The van der Waals surface area contributed by atoms with Gasteiger partial charge >= 0.3 is 6.18 Å². The number of alkyl halides is 3. The Morgan fingerprint density at radius 3 is 2.61 bits per heavy atom. The molecule has 1 aliphatic heterocycles. The Balaban J connectivity index is 1.87. The number of benzene rings is 1. The van der Waals surface area contributed by atoms with Gasteiger partial charge in [0.1, 0.15) is 0 Å². The summed E-state index contributed by atoms with van der Waals surface area (Å²) in [5.41, 5.74) is 0.685. The van der Waals surface area contributed by atoms with E-state index in [1.165, 1.54) is 6.07 Å². The van der Waals surface area contributed by atoms with E-state index in [9.17, 15) is 13.2 Å². The highest BCUT2D eigenvalue weighted by Crippen LogP contribution is 2.34. The molecule has 0 unspecified atom stereocenters. The van der Waals surface area contributed by atoms with Crippen LogP contribution in [-0.2, 0) is 10.9 Å². The normalized spacial score (nSPS) is 17.0. The standard InChI is InChI=1S/C17H19F3N2O/c1-23-11-12-5-8-22(9-6-12)16-4-7-21-15-10-13(17(18,19)20)2-3-14(15)16/h2-4,7,10,12H,5-6,8-9,11H2,1H3. The van der Waals surface area contributed by atoms with Gasteiger partial charge < -0.3 is 9.64 Å². The maximum absolute atomic E-state index is 12.8. The molecule has 0 atom stereocenters. The number of piperidine rings is 1. The van der Waals surface area contributed by atoms with Crippen LogP contribution in [-0.4, -0.2) is 31.8 Å². The summed E-state index contributed by atoms with van der Waals surface area (Å²) in [4.78, 5) is 6.33. The molecule has 1 aromatic carbocycles. The average Bonchev–Trinajstić information content (AvgIpc) is 2.54. The van der Waals surface area contributed by atoms with Crippen LogP contribution in [0.3, 0.4) is 0 Å². The highest BCUT2D eigenvalue weighted by Gasteiger charge is 2.31. The van der Waals surface area contributed by atoms with Crippen molar-refractivity contribution in [3.8, 4) is 0 Å². The number of fused-ring (bicyclic) bond motifs is 1. The summed E-state index contributed by atoms with van der Waals surface area (Å²) in [5, 5.41) is 0.769. The lowest BCUT2D eigenvalue weighted by Gasteiger charge is -2.34. The number of pyridine rings is 1. The zero-order valence-electron chi connectivity index (χ0n) is 12.9. The van der Waals surface area contributed by atoms with Crippen molar-refractivity contribution in [3.63, 3.8) is 0 Å². The Morgan fingerprint density at radius 2 is 1.96 bits per heavy atom. The first kappa shape index (κ1) is 16.1. The molecule has 0 spiro atoms. The maximum atomic E-state index is 12.8. The van der Waals surface area contributed by atoms with Crippen LogP contribution < -0.4 is 4.90 Å². The average molecular weight is 324 g/mol. The minimum Gasteiger partial charge on any atom is -0.384 e. The van der Waals surface area contributed by atoms with Crippen LogP contribution in [0.25, 0.3) is 10.9 Å². The topological polar surface area (TPSA) is 25.4 Å². The van der Waals surface area contributed by atoms with Crippen molar-refractivity contribution in [3.05, 3.63) is 36.0 Å². The number of methoxy groups -OCH3 is 1. The molecule has 1 fully saturated rings. The van der Waals surface area contributed by atoms with Gasteiger partial charge in [-0.3, -0.25) is 4.98 Å². The minimum atomic E-state index is -4.34. The summed E-state index contributed by atoms with van der Waals surface area (Å²) < 4.78 is 43.7. The molecule has 0 radical (unpaired) electrons. The molecule has 23 heavy (non-hydrogen) atoms. The van der Waals surface area contributed by atoms with E-state index < -0.39 is 11.7 Å². The molecule has 0 bridgehead atoms. The maximum Gasteiger partial charge on any atom is 0.416 e. The van der Waals surface area contributed by atoms with Gasteiger partial charge in [0, 0.05) is 44.1 Å². The van der Waals surface area contributed by atoms with E-state index >= 15 is 0 Å². The molecule has 2 heterocycles. The van der Waals surface area contributed by atoms with Gasteiger partial charge in [0.15, 0.2) is 0 Å². The van der Waals surface area contributed by atoms with E-state index in [4.69, 9.17) is 4.74 Å². The summed E-state index contributed by atoms with van der Waals surface area (Å²) >= 11 is 0. The van der Waals surface area contributed by atoms with E-state index in [2.05, 4.69) is 9.88 Å². The second kappa shape index (κ2) is 6.35. The third kappa shape index (κ3) is 3.42. The molecule has 0 aliphatic carbocycles. The van der Waals surface area contributed by atoms with Crippen LogP contribution in [0.5, 0.6) is 0 Å². The monoisotopic (exact) mass is 324 g/mol. The number of rotatable bonds is 3. The minimum absolute atomic E-state index is 0.385. The zero-order valence-corrected chi connectivity index (χ0v) is 12.9. The molecule has 1 aromatic heterocycles. The van der Waals surface area contributed by atoms with Crippen LogP contribution in [0.1, 0.15) is 18.4 Å². The summed E-state index contributed by atoms with van der Waals surface area (Å²) in [5.74, 6) is 0.557. The smallest absolute Gasteiger partial charge is 0.384 e. The number of aromatic nitrogens is 1. The SMILES string of the molecule is COCC1CCN(c2ccnc3cc(C(F)(F)F)ccc23)CC1. The Kier molecular flexibility index (Phi) is 4.43. The van der Waals surface area contributed by atoms with Gasteiger partial charge in [-0.25, -0.2) is 0 Å². The summed E-state index contributed by atoms with van der Waals surface area (Å²) in [6.07, 6.45) is -0.708. The predicted molar refractivity (Wildman–Crippen MR) is 83.6 cm³/mol. The van der Waals surface area contributed by atoms with E-state index in [0.717, 1.165) is 55.7 Å². The van der Waals surface area contributed by atoms with Crippen LogP contribution in [0.2, 0.25) is 0 Å². The Labute approximate surface area is 133 Å². The van der Waals surface area contributed by atoms with Crippen molar-refractivity contribution >= 4 is 16.6 Å². The summed E-state index contributed by atoms with van der Waals surface area (Å²) in [7, 11) is 1.71. The number of anilines is 1. The fraction of sp³-hybridized carbons (Fsp3) is 0.471. The molecular formula is C17H19F3N2O. The van der Waals surface area contributed by atoms with Gasteiger partial charge in [-0.05, 0) is 37.0 Å². The highest BCUT2D eigenvalue weighted by atomic mass is 19.4. The van der Waals surface area contributed by atoms with Crippen LogP contribution in [0.4, 0.5) is 18.9 Å². The molecule has 6 heteroatoms. The Hall–Kier alpha value is -1.82. The molecule has 1 aliphatic rings. The third-order valence-corrected chi connectivity index (χ3v) is 4.40. The number of hydrogen-bond donors (Lipinski definition) is 0. The third-order valence-electron chi connectivity index (χ3n) is 4.40. The quantitative estimate of drug-likeness (QED) is 0.849. The fourth-order valence-corrected chi connectivity index (χ4v) is 3.16. The Morgan fingerprint density at radius 1 is 1.22 bits per heavy atom. The second-order valence-corrected chi connectivity index (χ2v) is 5.95. The van der Waals surface area contributed by atoms with Crippen molar-refractivity contribution in [2.45, 2.75) is 19.0 Å². The number of nitrogens with zero attached hydrogens (tertiary/aromatic N) is 2. The molecule has 124 valence electrons. The molecular weight excluding hydrogens is 305 g/mol. The Bertz CT molecular complexity index is 679. The zero-order chi connectivity index (χ0) is 16.4. The first-order valence-corrected chi connectivity index (χ1v) is 7.69. The van der Waals surface area contributed by atoms with E-state index in [1.54, 1.807) is 13.3 Å². The van der Waals surface area contributed by atoms with Gasteiger partial charge in [-0.1, -0.05) is 6.07 Å². The molecule has 3 nitrogen and oxygen atoms in total. The van der Waals surface area contributed by atoms with Crippen molar-refractivity contribution in [2.75, 3.05) is 31.7 Å². The first-order chi connectivity index (χ1) is 11.0. The van der Waals surface area contributed by atoms with Crippen molar-refractivity contribution in [1.82, 2.24) is 4.98 Å². The fourth-order valence-electron chi connectivity index (χ4n) is 3.16. The molecule has 0 saturated carbocycles. The summed E-state index contributed by atoms with van der Waals surface area (Å²) in [6, 6.07) is 5.66. The molecule has 3 rings (SSSR count). The molecule has 0 amide bonds. The number of hydrogen-bond acceptors (Lipinski definition) is 3. The lowest BCUT2D eigenvalue weighted by Crippen LogP contribution is -2.35. The summed E-state index contributed by atoms with van der Waals surface area (Å²) in [6.45, 7) is 2.53. The van der Waals surface area contributed by atoms with E-state index in [1.807, 2.05) is 6.07 Å². The number of halogens is 3. The van der Waals surface area contributed by atoms with E-state index in [0.29, 0.717) is 11.4 Å². The van der Waals surface area contributed by atoms with E-state index in [-0.39, 0.29) is 0 Å². The van der Waals surface area contributed by atoms with Gasteiger partial charge in [0.05, 0.1) is 11.1 Å². The lowest BCUT2D eigenvalue weighted by molar-refractivity contribution is -0.137. The predicted octanol–water partition coefficient (Wildman–Crippen LogP) is 4.12. The second-order valence-electron chi connectivity index (χ2n) is 5.95. The van der Waals surface area contributed by atoms with Crippen LogP contribution in [0, 0.1) is 5.92 Å². The van der Waals surface area contributed by atoms with Gasteiger partial charge in [-0.2, -0.15) is 13.2 Å². The van der Waals surface area contributed by atoms with Crippen LogP contribution >= 0.6 is 0 Å². The van der Waals surface area contributed by atoms with Crippen molar-refractivity contribution in [1.29, 1.82) is 0 Å². The molecule has 1 saturated heterocycles. The van der Waals surface area contributed by atoms with Crippen LogP contribution in [0.15, 0.2) is 30.5 Å². The lowest BCUT2D eigenvalue weighted by atomic mass is 9.97. The van der Waals surface area contributed by atoms with Gasteiger partial charge in [0.25, 0.3) is 0 Å². The molecule has 2 aromatic rings. The number of ether oxygens (including phenoxy) is 1. The van der Waals surface area contributed by atoms with Crippen molar-refractivity contribution < 1.29 is 17.9 Å². The van der Waals surface area contributed by atoms with Gasteiger partial charge in [0.2, 0.25) is 0 Å². The highest BCUT2D eigenvalue weighted by molar-refractivity contribution is 5.92. The molecule has 0 N–H and O–H groups in total. The largest absolute Gasteiger partial charge is 0.416 e. The first-order valence-electron chi connectivity index (χ1n) is 7.69. The van der Waals surface area contributed by atoms with Gasteiger partial charge in [-0.15, -0.1) is 0 Å².